The zero-order valence-electron chi connectivity index (χ0n) is 18.3. The van der Waals surface area contributed by atoms with E-state index in [0.29, 0.717) is 36.4 Å². The number of benzene rings is 2. The van der Waals surface area contributed by atoms with Crippen LogP contribution in [0.15, 0.2) is 65.5 Å². The van der Waals surface area contributed by atoms with Gasteiger partial charge in [0, 0.05) is 55.0 Å². The summed E-state index contributed by atoms with van der Waals surface area (Å²) >= 11 is 0. The number of likely N-dealkylation sites (tertiary alicyclic amines) is 1. The molecule has 0 spiro atoms. The molecule has 168 valence electrons. The van der Waals surface area contributed by atoms with Gasteiger partial charge < -0.3 is 14.8 Å². The van der Waals surface area contributed by atoms with Crippen LogP contribution in [0.4, 0.5) is 10.1 Å². The van der Waals surface area contributed by atoms with Crippen molar-refractivity contribution >= 4 is 17.5 Å². The highest BCUT2D eigenvalue weighted by Gasteiger charge is 2.37. The van der Waals surface area contributed by atoms with Crippen LogP contribution >= 0.6 is 0 Å². The van der Waals surface area contributed by atoms with Gasteiger partial charge in [0.15, 0.2) is 0 Å². The lowest BCUT2D eigenvalue weighted by Crippen LogP contribution is -2.49. The van der Waals surface area contributed by atoms with E-state index in [4.69, 9.17) is 0 Å². The minimum atomic E-state index is -0.365. The lowest BCUT2D eigenvalue weighted by Gasteiger charge is -2.43. The Bertz CT molecular complexity index is 1280. The number of hydrogen-bond acceptors (Lipinski definition) is 3. The Morgan fingerprint density at radius 1 is 0.939 bits per heavy atom. The molecule has 2 aliphatic rings. The van der Waals surface area contributed by atoms with Gasteiger partial charge in [0.05, 0.1) is 0 Å². The Balaban J connectivity index is 1.40. The summed E-state index contributed by atoms with van der Waals surface area (Å²) < 4.78 is 15.1. The fourth-order valence-electron chi connectivity index (χ4n) is 5.04. The molecule has 0 saturated carbocycles. The number of anilines is 1. The van der Waals surface area contributed by atoms with E-state index < -0.39 is 0 Å². The van der Waals surface area contributed by atoms with Crippen LogP contribution in [0, 0.1) is 11.7 Å². The second-order valence-electron chi connectivity index (χ2n) is 8.86. The molecule has 1 fully saturated rings. The second-order valence-corrected chi connectivity index (χ2v) is 8.86. The molecule has 0 aliphatic carbocycles. The summed E-state index contributed by atoms with van der Waals surface area (Å²) in [5.74, 6) is -0.330. The maximum atomic E-state index is 13.4. The van der Waals surface area contributed by atoms with Gasteiger partial charge in [0.25, 0.3) is 11.5 Å². The number of amides is 2. The number of pyridine rings is 1. The van der Waals surface area contributed by atoms with Crippen LogP contribution in [0.2, 0.25) is 0 Å². The van der Waals surface area contributed by atoms with Crippen molar-refractivity contribution < 1.29 is 14.0 Å². The Morgan fingerprint density at radius 2 is 1.67 bits per heavy atom. The molecule has 33 heavy (non-hydrogen) atoms. The normalized spacial score (nSPS) is 19.0. The predicted octanol–water partition coefficient (Wildman–Crippen LogP) is 3.87. The Hall–Kier alpha value is -3.74. The first-order valence-corrected chi connectivity index (χ1v) is 11.1. The van der Waals surface area contributed by atoms with Crippen LogP contribution < -0.4 is 10.9 Å². The maximum absolute atomic E-state index is 13.4. The molecule has 2 bridgehead atoms. The van der Waals surface area contributed by atoms with Crippen molar-refractivity contribution in [3.63, 3.8) is 0 Å². The summed E-state index contributed by atoms with van der Waals surface area (Å²) in [6.45, 7) is 3.13. The Labute approximate surface area is 190 Å². The summed E-state index contributed by atoms with van der Waals surface area (Å²) in [5, 5.41) is 2.73. The minimum absolute atomic E-state index is 0.0345. The number of rotatable bonds is 3. The second kappa shape index (κ2) is 8.31. The smallest absolute Gasteiger partial charge is 0.258 e. The van der Waals surface area contributed by atoms with Crippen molar-refractivity contribution in [2.75, 3.05) is 18.4 Å². The summed E-state index contributed by atoms with van der Waals surface area (Å²) in [5.41, 5.74) is 3.50. The summed E-state index contributed by atoms with van der Waals surface area (Å²) in [7, 11) is 0. The number of carbonyl (C=O) groups excluding carboxylic acids is 2. The molecular formula is C26H24FN3O3. The molecule has 1 aromatic heterocycles. The fourth-order valence-corrected chi connectivity index (χ4v) is 5.04. The van der Waals surface area contributed by atoms with Gasteiger partial charge in [-0.25, -0.2) is 4.39 Å². The maximum Gasteiger partial charge on any atom is 0.258 e. The van der Waals surface area contributed by atoms with Crippen molar-refractivity contribution in [3.05, 3.63) is 88.1 Å². The first kappa shape index (κ1) is 21.1. The van der Waals surface area contributed by atoms with E-state index in [9.17, 15) is 18.8 Å². The van der Waals surface area contributed by atoms with E-state index in [2.05, 4.69) is 5.32 Å². The van der Waals surface area contributed by atoms with Crippen molar-refractivity contribution in [1.29, 1.82) is 0 Å². The molecule has 2 aromatic carbocycles. The van der Waals surface area contributed by atoms with Gasteiger partial charge in [-0.3, -0.25) is 14.4 Å². The molecule has 1 saturated heterocycles. The van der Waals surface area contributed by atoms with E-state index in [1.807, 2.05) is 33.7 Å². The van der Waals surface area contributed by atoms with Gasteiger partial charge >= 0.3 is 0 Å². The third-order valence-corrected chi connectivity index (χ3v) is 6.50. The number of fused-ring (bicyclic) bond motifs is 4. The predicted molar refractivity (Wildman–Crippen MR) is 124 cm³/mol. The zero-order chi connectivity index (χ0) is 23.1. The molecule has 5 rings (SSSR count). The largest absolute Gasteiger partial charge is 0.338 e. The standard InChI is InChI=1S/C26H24FN3O3/c1-16(31)28-22-8-4-18(5-9-22)23-10-11-24-20-12-17(14-30(24)26(23)33)13-29(15-20)25(32)19-2-6-21(27)7-3-19/h2-11,17,20H,12-15H2,1H3,(H,28,31)/t17-,20+/m0/s1. The monoisotopic (exact) mass is 445 g/mol. The van der Waals surface area contributed by atoms with Crippen LogP contribution in [-0.2, 0) is 11.3 Å². The molecule has 3 heterocycles. The van der Waals surface area contributed by atoms with Crippen LogP contribution in [0.1, 0.15) is 35.3 Å². The fraction of sp³-hybridized carbons (Fsp3) is 0.269. The highest BCUT2D eigenvalue weighted by molar-refractivity contribution is 5.94. The van der Waals surface area contributed by atoms with E-state index in [0.717, 1.165) is 17.7 Å². The van der Waals surface area contributed by atoms with Crippen molar-refractivity contribution in [1.82, 2.24) is 9.47 Å². The minimum Gasteiger partial charge on any atom is -0.338 e. The van der Waals surface area contributed by atoms with Gasteiger partial charge in [-0.1, -0.05) is 12.1 Å². The highest BCUT2D eigenvalue weighted by atomic mass is 19.1. The van der Waals surface area contributed by atoms with Gasteiger partial charge in [0.2, 0.25) is 5.91 Å². The molecule has 2 amide bonds. The van der Waals surface area contributed by atoms with Crippen LogP contribution in [-0.4, -0.2) is 34.4 Å². The number of carbonyl (C=O) groups is 2. The molecule has 2 aliphatic heterocycles. The molecule has 7 heteroatoms. The Morgan fingerprint density at radius 3 is 2.36 bits per heavy atom. The molecule has 1 N–H and O–H groups in total. The Kier molecular flexibility index (Phi) is 5.32. The SMILES string of the molecule is CC(=O)Nc1ccc(-c2ccc3n(c2=O)C[C@H]2C[C@@H]3CN(C(=O)c3ccc(F)cc3)C2)cc1. The molecular weight excluding hydrogens is 421 g/mol. The zero-order valence-corrected chi connectivity index (χ0v) is 18.3. The number of hydrogen-bond donors (Lipinski definition) is 1. The van der Waals surface area contributed by atoms with E-state index >= 15 is 0 Å². The first-order valence-electron chi connectivity index (χ1n) is 11.1. The van der Waals surface area contributed by atoms with Crippen LogP contribution in [0.25, 0.3) is 11.1 Å². The average Bonchev–Trinajstić information content (AvgIpc) is 2.80. The molecule has 3 aromatic rings. The number of nitrogens with one attached hydrogen (secondary N) is 1. The third kappa shape index (κ3) is 4.06. The van der Waals surface area contributed by atoms with Crippen LogP contribution in [0.5, 0.6) is 0 Å². The first-order chi connectivity index (χ1) is 15.9. The van der Waals surface area contributed by atoms with Crippen molar-refractivity contribution in [2.24, 2.45) is 5.92 Å². The quantitative estimate of drug-likeness (QED) is 0.665. The van der Waals surface area contributed by atoms with Crippen LogP contribution in [0.3, 0.4) is 0 Å². The number of aromatic nitrogens is 1. The molecule has 0 radical (unpaired) electrons. The van der Waals surface area contributed by atoms with E-state index in [-0.39, 0.29) is 35.0 Å². The lowest BCUT2D eigenvalue weighted by molar-refractivity contribution is -0.114. The summed E-state index contributed by atoms with van der Waals surface area (Å²) in [4.78, 5) is 39.4. The van der Waals surface area contributed by atoms with Crippen molar-refractivity contribution in [2.45, 2.75) is 25.8 Å². The van der Waals surface area contributed by atoms with E-state index in [1.54, 1.807) is 12.1 Å². The number of halogens is 1. The van der Waals surface area contributed by atoms with Gasteiger partial charge in [0.1, 0.15) is 5.82 Å². The molecule has 2 atom stereocenters. The summed E-state index contributed by atoms with van der Waals surface area (Å²) in [6, 6.07) is 16.7. The highest BCUT2D eigenvalue weighted by Crippen LogP contribution is 2.36. The number of nitrogens with zero attached hydrogens (tertiary/aromatic N) is 2. The third-order valence-electron chi connectivity index (χ3n) is 6.50. The van der Waals surface area contributed by atoms with Gasteiger partial charge in [-0.05, 0) is 66.4 Å². The average molecular weight is 445 g/mol. The topological polar surface area (TPSA) is 71.4 Å². The molecule has 6 nitrogen and oxygen atoms in total. The number of piperidine rings is 1. The van der Waals surface area contributed by atoms with Crippen molar-refractivity contribution in [3.8, 4) is 11.1 Å². The summed E-state index contributed by atoms with van der Waals surface area (Å²) in [6.07, 6.45) is 0.942. The van der Waals surface area contributed by atoms with Gasteiger partial charge in [-0.2, -0.15) is 0 Å². The lowest BCUT2D eigenvalue weighted by atomic mass is 9.82. The van der Waals surface area contributed by atoms with E-state index in [1.165, 1.54) is 31.2 Å². The molecule has 0 unspecified atom stereocenters. The van der Waals surface area contributed by atoms with Gasteiger partial charge in [-0.15, -0.1) is 0 Å².